The first kappa shape index (κ1) is 26.3. The van der Waals surface area contributed by atoms with Gasteiger partial charge in [-0.1, -0.05) is 66.2 Å². The number of nitrogens with one attached hydrogen (secondary N) is 1. The summed E-state index contributed by atoms with van der Waals surface area (Å²) < 4.78 is 5.93. The topological polar surface area (TPSA) is 58.6 Å². The molecule has 0 heterocycles. The molecular formula is C29H33ClN2O3. The number of carbonyl (C=O) groups excluding carboxylic acids is 2. The van der Waals surface area contributed by atoms with E-state index in [1.807, 2.05) is 88.4 Å². The van der Waals surface area contributed by atoms with Gasteiger partial charge in [-0.25, -0.2) is 0 Å². The predicted octanol–water partition coefficient (Wildman–Crippen LogP) is 5.50. The summed E-state index contributed by atoms with van der Waals surface area (Å²) in [5.74, 6) is 0.203. The Hall–Kier alpha value is -3.31. The number of benzene rings is 3. The quantitative estimate of drug-likeness (QED) is 0.406. The van der Waals surface area contributed by atoms with Crippen LogP contribution in [0.2, 0.25) is 5.02 Å². The largest absolute Gasteiger partial charge is 0.483 e. The number of hydrogen-bond donors (Lipinski definition) is 1. The van der Waals surface area contributed by atoms with Gasteiger partial charge in [0.15, 0.2) is 6.61 Å². The maximum Gasteiger partial charge on any atom is 0.261 e. The van der Waals surface area contributed by atoms with E-state index in [1.54, 1.807) is 17.0 Å². The van der Waals surface area contributed by atoms with Crippen LogP contribution in [0, 0.1) is 13.8 Å². The molecule has 3 aromatic rings. The highest BCUT2D eigenvalue weighted by Crippen LogP contribution is 2.22. The summed E-state index contributed by atoms with van der Waals surface area (Å²) in [6.07, 6.45) is 0.391. The van der Waals surface area contributed by atoms with E-state index in [-0.39, 0.29) is 31.0 Å². The molecule has 0 fully saturated rings. The standard InChI is InChI=1S/C29H33ClN2O3/c1-20(2)31-29(34)26(17-23-10-6-5-7-11-23)32(18-24-13-15-25(30)16-14-24)28(33)19-35-27-12-8-9-21(3)22(27)4/h5-16,20,26H,17-19H2,1-4H3,(H,31,34)/t26-/m1/s1. The van der Waals surface area contributed by atoms with E-state index in [0.717, 1.165) is 22.3 Å². The Bertz CT molecular complexity index is 1130. The number of ether oxygens (including phenoxy) is 1. The summed E-state index contributed by atoms with van der Waals surface area (Å²) in [5.41, 5.74) is 3.93. The van der Waals surface area contributed by atoms with Gasteiger partial charge in [0.1, 0.15) is 11.8 Å². The van der Waals surface area contributed by atoms with Crippen LogP contribution in [-0.4, -0.2) is 35.4 Å². The van der Waals surface area contributed by atoms with Crippen LogP contribution in [0.1, 0.15) is 36.1 Å². The van der Waals surface area contributed by atoms with Gasteiger partial charge < -0.3 is 15.0 Å². The minimum Gasteiger partial charge on any atom is -0.483 e. The van der Waals surface area contributed by atoms with Gasteiger partial charge in [0.2, 0.25) is 5.91 Å². The SMILES string of the molecule is Cc1cccc(OCC(=O)N(Cc2ccc(Cl)cc2)[C@H](Cc2ccccc2)C(=O)NC(C)C)c1C. The first-order valence-electron chi connectivity index (χ1n) is 11.8. The average molecular weight is 493 g/mol. The summed E-state index contributed by atoms with van der Waals surface area (Å²) in [6.45, 7) is 7.88. The van der Waals surface area contributed by atoms with Gasteiger partial charge in [0.25, 0.3) is 5.91 Å². The maximum absolute atomic E-state index is 13.6. The highest BCUT2D eigenvalue weighted by molar-refractivity contribution is 6.30. The van der Waals surface area contributed by atoms with E-state index in [1.165, 1.54) is 0 Å². The molecule has 0 unspecified atom stereocenters. The normalized spacial score (nSPS) is 11.7. The molecule has 0 saturated heterocycles. The third kappa shape index (κ3) is 7.59. The third-order valence-corrected chi connectivity index (χ3v) is 6.13. The van der Waals surface area contributed by atoms with Gasteiger partial charge in [-0.05, 0) is 68.1 Å². The lowest BCUT2D eigenvalue weighted by molar-refractivity contribution is -0.143. The van der Waals surface area contributed by atoms with E-state index < -0.39 is 6.04 Å². The number of nitrogens with zero attached hydrogens (tertiary/aromatic N) is 1. The van der Waals surface area contributed by atoms with Crippen LogP contribution in [0.5, 0.6) is 5.75 Å². The van der Waals surface area contributed by atoms with Crippen molar-refractivity contribution in [1.29, 1.82) is 0 Å². The summed E-state index contributed by atoms with van der Waals surface area (Å²) in [6, 6.07) is 22.0. The van der Waals surface area contributed by atoms with Crippen molar-refractivity contribution in [3.05, 3.63) is 100 Å². The number of carbonyl (C=O) groups is 2. The molecule has 1 atom stereocenters. The molecule has 2 amide bonds. The average Bonchev–Trinajstić information content (AvgIpc) is 2.83. The lowest BCUT2D eigenvalue weighted by atomic mass is 10.0. The number of hydrogen-bond acceptors (Lipinski definition) is 3. The summed E-state index contributed by atoms with van der Waals surface area (Å²) in [4.78, 5) is 28.6. The van der Waals surface area contributed by atoms with Crippen molar-refractivity contribution in [2.24, 2.45) is 0 Å². The van der Waals surface area contributed by atoms with E-state index >= 15 is 0 Å². The van der Waals surface area contributed by atoms with Gasteiger partial charge in [-0.2, -0.15) is 0 Å². The van der Waals surface area contributed by atoms with Crippen molar-refractivity contribution < 1.29 is 14.3 Å². The highest BCUT2D eigenvalue weighted by Gasteiger charge is 2.31. The van der Waals surface area contributed by atoms with Crippen molar-refractivity contribution in [3.63, 3.8) is 0 Å². The second kappa shape index (κ2) is 12.4. The lowest BCUT2D eigenvalue weighted by Gasteiger charge is -2.32. The monoisotopic (exact) mass is 492 g/mol. The Labute approximate surface area is 213 Å². The fraction of sp³-hybridized carbons (Fsp3) is 0.310. The van der Waals surface area contributed by atoms with Crippen molar-refractivity contribution in [1.82, 2.24) is 10.2 Å². The molecule has 0 radical (unpaired) electrons. The smallest absolute Gasteiger partial charge is 0.261 e. The molecule has 0 aliphatic heterocycles. The Morgan fingerprint density at radius 1 is 0.914 bits per heavy atom. The van der Waals surface area contributed by atoms with Crippen LogP contribution < -0.4 is 10.1 Å². The first-order valence-corrected chi connectivity index (χ1v) is 12.2. The molecule has 0 aliphatic carbocycles. The van der Waals surface area contributed by atoms with Gasteiger partial charge in [0.05, 0.1) is 0 Å². The minimum absolute atomic E-state index is 0.0561. The molecule has 0 aliphatic rings. The number of rotatable bonds is 10. The highest BCUT2D eigenvalue weighted by atomic mass is 35.5. The van der Waals surface area contributed by atoms with Gasteiger partial charge >= 0.3 is 0 Å². The maximum atomic E-state index is 13.6. The van der Waals surface area contributed by atoms with Crippen molar-refractivity contribution in [2.75, 3.05) is 6.61 Å². The third-order valence-electron chi connectivity index (χ3n) is 5.87. The summed E-state index contributed by atoms with van der Waals surface area (Å²) >= 11 is 6.07. The fourth-order valence-corrected chi connectivity index (χ4v) is 3.95. The van der Waals surface area contributed by atoms with Gasteiger partial charge in [0, 0.05) is 24.0 Å². The van der Waals surface area contributed by atoms with Crippen LogP contribution in [0.25, 0.3) is 0 Å². The fourth-order valence-electron chi connectivity index (χ4n) is 3.82. The summed E-state index contributed by atoms with van der Waals surface area (Å²) in [5, 5.41) is 3.60. The summed E-state index contributed by atoms with van der Waals surface area (Å²) in [7, 11) is 0. The zero-order valence-electron chi connectivity index (χ0n) is 20.8. The van der Waals surface area contributed by atoms with Crippen molar-refractivity contribution in [2.45, 2.75) is 52.7 Å². The molecule has 3 rings (SSSR count). The van der Waals surface area contributed by atoms with E-state index in [2.05, 4.69) is 5.32 Å². The molecule has 6 heteroatoms. The van der Waals surface area contributed by atoms with Crippen LogP contribution in [0.3, 0.4) is 0 Å². The Kier molecular flexibility index (Phi) is 9.32. The second-order valence-corrected chi connectivity index (χ2v) is 9.44. The molecule has 35 heavy (non-hydrogen) atoms. The molecule has 184 valence electrons. The number of amides is 2. The molecule has 1 N–H and O–H groups in total. The van der Waals surface area contributed by atoms with Gasteiger partial charge in [-0.3, -0.25) is 9.59 Å². The number of aryl methyl sites for hydroxylation is 1. The van der Waals surface area contributed by atoms with Crippen molar-refractivity contribution >= 4 is 23.4 Å². The Balaban J connectivity index is 1.92. The zero-order chi connectivity index (χ0) is 25.4. The van der Waals surface area contributed by atoms with Crippen LogP contribution in [0.15, 0.2) is 72.8 Å². The molecule has 0 saturated carbocycles. The Morgan fingerprint density at radius 3 is 2.26 bits per heavy atom. The number of halogens is 1. The molecular weight excluding hydrogens is 460 g/mol. The van der Waals surface area contributed by atoms with E-state index in [9.17, 15) is 9.59 Å². The van der Waals surface area contributed by atoms with Gasteiger partial charge in [-0.15, -0.1) is 0 Å². The Morgan fingerprint density at radius 2 is 1.60 bits per heavy atom. The predicted molar refractivity (Wildman–Crippen MR) is 141 cm³/mol. The van der Waals surface area contributed by atoms with Crippen LogP contribution in [0.4, 0.5) is 0 Å². The van der Waals surface area contributed by atoms with E-state index in [4.69, 9.17) is 16.3 Å². The second-order valence-electron chi connectivity index (χ2n) is 9.00. The minimum atomic E-state index is -0.704. The molecule has 0 aromatic heterocycles. The van der Waals surface area contributed by atoms with E-state index in [0.29, 0.717) is 17.2 Å². The zero-order valence-corrected chi connectivity index (χ0v) is 21.5. The van der Waals surface area contributed by atoms with Crippen molar-refractivity contribution in [3.8, 4) is 5.75 Å². The molecule has 3 aromatic carbocycles. The molecule has 0 spiro atoms. The lowest BCUT2D eigenvalue weighted by Crippen LogP contribution is -2.52. The van der Waals surface area contributed by atoms with Crippen LogP contribution >= 0.6 is 11.6 Å². The molecule has 0 bridgehead atoms. The first-order chi connectivity index (χ1) is 16.7. The molecule has 5 nitrogen and oxygen atoms in total. The van der Waals surface area contributed by atoms with Crippen LogP contribution in [-0.2, 0) is 22.6 Å².